The van der Waals surface area contributed by atoms with Crippen LogP contribution >= 0.6 is 0 Å². The standard InChI is InChI=1S/C31H35FN4O3/c1-3-18-36(31(38)34-28-11-7-8-12-29(28)39-4-2)22-30(37)35(21-23-13-15-25(32)16-14-23)19-17-24-20-33-27-10-6-5-9-26(24)27/h5-16,20,33H,3-4,17-19,21-22H2,1-2H3,(H,34,38). The van der Waals surface area contributed by atoms with Crippen molar-refractivity contribution in [2.24, 2.45) is 0 Å². The summed E-state index contributed by atoms with van der Waals surface area (Å²) in [6.45, 7) is 5.42. The molecule has 39 heavy (non-hydrogen) atoms. The van der Waals surface area contributed by atoms with E-state index in [2.05, 4.69) is 16.4 Å². The molecule has 0 radical (unpaired) electrons. The van der Waals surface area contributed by atoms with Gasteiger partial charge in [-0.1, -0.05) is 49.4 Å². The second kappa shape index (κ2) is 13.5. The first-order chi connectivity index (χ1) is 19.0. The number of nitrogens with one attached hydrogen (secondary N) is 2. The number of halogens is 1. The van der Waals surface area contributed by atoms with Crippen molar-refractivity contribution in [1.29, 1.82) is 0 Å². The summed E-state index contributed by atoms with van der Waals surface area (Å²) in [5, 5.41) is 4.02. The number of ether oxygens (including phenoxy) is 1. The van der Waals surface area contributed by atoms with Crippen LogP contribution in [0.2, 0.25) is 0 Å². The van der Waals surface area contributed by atoms with Gasteiger partial charge in [-0.2, -0.15) is 0 Å². The number of carbonyl (C=O) groups is 2. The monoisotopic (exact) mass is 530 g/mol. The van der Waals surface area contributed by atoms with Crippen molar-refractivity contribution in [2.45, 2.75) is 33.2 Å². The lowest BCUT2D eigenvalue weighted by atomic mass is 10.1. The molecule has 8 heteroatoms. The Balaban J connectivity index is 1.50. The predicted molar refractivity (Wildman–Crippen MR) is 152 cm³/mol. The molecule has 0 aliphatic heterocycles. The number of para-hydroxylation sites is 3. The highest BCUT2D eigenvalue weighted by molar-refractivity contribution is 5.93. The maximum Gasteiger partial charge on any atom is 0.322 e. The van der Waals surface area contributed by atoms with Crippen molar-refractivity contribution in [3.05, 3.63) is 95.9 Å². The van der Waals surface area contributed by atoms with Crippen LogP contribution in [0.15, 0.2) is 79.0 Å². The Morgan fingerprint density at radius 1 is 0.923 bits per heavy atom. The minimum Gasteiger partial charge on any atom is -0.492 e. The van der Waals surface area contributed by atoms with Gasteiger partial charge in [0, 0.05) is 36.7 Å². The molecule has 0 saturated carbocycles. The molecule has 3 aromatic carbocycles. The van der Waals surface area contributed by atoms with Crippen LogP contribution in [0.5, 0.6) is 5.75 Å². The van der Waals surface area contributed by atoms with E-state index in [4.69, 9.17) is 4.74 Å². The molecule has 0 bridgehead atoms. The number of carbonyl (C=O) groups excluding carboxylic acids is 2. The average molecular weight is 531 g/mol. The number of anilines is 1. The summed E-state index contributed by atoms with van der Waals surface area (Å²) in [5.74, 6) is 0.0715. The van der Waals surface area contributed by atoms with E-state index < -0.39 is 0 Å². The molecule has 0 atom stereocenters. The van der Waals surface area contributed by atoms with Gasteiger partial charge in [0.2, 0.25) is 5.91 Å². The van der Waals surface area contributed by atoms with Crippen LogP contribution in [0, 0.1) is 5.82 Å². The number of nitrogens with zero attached hydrogens (tertiary/aromatic N) is 2. The minimum atomic E-state index is -0.365. The van der Waals surface area contributed by atoms with Gasteiger partial charge in [-0.15, -0.1) is 0 Å². The Hall–Kier alpha value is -4.33. The molecule has 3 amide bonds. The summed E-state index contributed by atoms with van der Waals surface area (Å²) in [7, 11) is 0. The van der Waals surface area contributed by atoms with Crippen molar-refractivity contribution >= 4 is 28.5 Å². The molecule has 4 rings (SSSR count). The molecule has 1 aromatic heterocycles. The van der Waals surface area contributed by atoms with E-state index in [-0.39, 0.29) is 24.3 Å². The Bertz CT molecular complexity index is 1390. The number of urea groups is 1. The number of hydrogen-bond acceptors (Lipinski definition) is 3. The fraction of sp³-hybridized carbons (Fsp3) is 0.290. The van der Waals surface area contributed by atoms with Crippen molar-refractivity contribution in [3.63, 3.8) is 0 Å². The van der Waals surface area contributed by atoms with Gasteiger partial charge < -0.3 is 24.8 Å². The minimum absolute atomic E-state index is 0.0778. The lowest BCUT2D eigenvalue weighted by Gasteiger charge is -2.28. The highest BCUT2D eigenvalue weighted by atomic mass is 19.1. The van der Waals surface area contributed by atoms with E-state index in [1.165, 1.54) is 17.0 Å². The van der Waals surface area contributed by atoms with E-state index in [0.717, 1.165) is 22.0 Å². The van der Waals surface area contributed by atoms with Crippen LogP contribution in [0.25, 0.3) is 10.9 Å². The number of aromatic amines is 1. The van der Waals surface area contributed by atoms with Crippen LogP contribution in [0.3, 0.4) is 0 Å². The number of fused-ring (bicyclic) bond motifs is 1. The van der Waals surface area contributed by atoms with Crippen LogP contribution in [-0.2, 0) is 17.8 Å². The van der Waals surface area contributed by atoms with E-state index in [1.54, 1.807) is 29.2 Å². The number of aromatic nitrogens is 1. The Kier molecular flexibility index (Phi) is 9.56. The third kappa shape index (κ3) is 7.37. The second-order valence-electron chi connectivity index (χ2n) is 9.33. The molecule has 0 fully saturated rings. The van der Waals surface area contributed by atoms with Crippen LogP contribution < -0.4 is 10.1 Å². The van der Waals surface area contributed by atoms with Crippen molar-refractivity contribution in [2.75, 3.05) is 31.6 Å². The van der Waals surface area contributed by atoms with Crippen LogP contribution in [0.4, 0.5) is 14.9 Å². The van der Waals surface area contributed by atoms with Gasteiger partial charge in [-0.25, -0.2) is 9.18 Å². The Morgan fingerprint density at radius 2 is 1.67 bits per heavy atom. The summed E-state index contributed by atoms with van der Waals surface area (Å²) in [6.07, 6.45) is 3.30. The zero-order chi connectivity index (χ0) is 27.6. The summed E-state index contributed by atoms with van der Waals surface area (Å²) < 4.78 is 19.2. The molecular formula is C31H35FN4O3. The average Bonchev–Trinajstić information content (AvgIpc) is 3.36. The van der Waals surface area contributed by atoms with Gasteiger partial charge in [0.05, 0.1) is 12.3 Å². The number of hydrogen-bond donors (Lipinski definition) is 2. The normalized spacial score (nSPS) is 10.8. The summed E-state index contributed by atoms with van der Waals surface area (Å²) >= 11 is 0. The molecule has 2 N–H and O–H groups in total. The van der Waals surface area contributed by atoms with Gasteiger partial charge in [0.15, 0.2) is 0 Å². The fourth-order valence-corrected chi connectivity index (χ4v) is 4.53. The molecular weight excluding hydrogens is 495 g/mol. The molecule has 0 saturated heterocycles. The third-order valence-electron chi connectivity index (χ3n) is 6.50. The number of amides is 3. The van der Waals surface area contributed by atoms with Crippen LogP contribution in [-0.4, -0.2) is 53.0 Å². The van der Waals surface area contributed by atoms with E-state index in [0.29, 0.717) is 50.5 Å². The Morgan fingerprint density at radius 3 is 2.44 bits per heavy atom. The van der Waals surface area contributed by atoms with Crippen molar-refractivity contribution in [3.8, 4) is 5.75 Å². The molecule has 7 nitrogen and oxygen atoms in total. The SMILES string of the molecule is CCCN(CC(=O)N(CCc1c[nH]c2ccccc12)Cc1ccc(F)cc1)C(=O)Nc1ccccc1OCC. The first kappa shape index (κ1) is 27.7. The highest BCUT2D eigenvalue weighted by Gasteiger charge is 2.22. The quantitative estimate of drug-likeness (QED) is 0.228. The van der Waals surface area contributed by atoms with Crippen LogP contribution in [0.1, 0.15) is 31.4 Å². The molecule has 0 aliphatic rings. The lowest BCUT2D eigenvalue weighted by Crippen LogP contribution is -2.45. The summed E-state index contributed by atoms with van der Waals surface area (Å²) in [5.41, 5.74) is 3.53. The third-order valence-corrected chi connectivity index (χ3v) is 6.50. The predicted octanol–water partition coefficient (Wildman–Crippen LogP) is 6.22. The maximum absolute atomic E-state index is 13.6. The Labute approximate surface area is 228 Å². The molecule has 0 aliphatic carbocycles. The molecule has 1 heterocycles. The fourth-order valence-electron chi connectivity index (χ4n) is 4.53. The van der Waals surface area contributed by atoms with Crippen molar-refractivity contribution in [1.82, 2.24) is 14.8 Å². The smallest absolute Gasteiger partial charge is 0.322 e. The second-order valence-corrected chi connectivity index (χ2v) is 9.33. The number of H-pyrrole nitrogens is 1. The molecule has 0 unspecified atom stereocenters. The molecule has 204 valence electrons. The zero-order valence-electron chi connectivity index (χ0n) is 22.5. The maximum atomic E-state index is 13.6. The van der Waals surface area contributed by atoms with E-state index in [9.17, 15) is 14.0 Å². The van der Waals surface area contributed by atoms with Gasteiger partial charge in [0.25, 0.3) is 0 Å². The number of benzene rings is 3. The number of rotatable bonds is 12. The molecule has 4 aromatic rings. The highest BCUT2D eigenvalue weighted by Crippen LogP contribution is 2.24. The summed E-state index contributed by atoms with van der Waals surface area (Å²) in [4.78, 5) is 33.4. The molecule has 0 spiro atoms. The zero-order valence-corrected chi connectivity index (χ0v) is 22.5. The first-order valence-corrected chi connectivity index (χ1v) is 13.3. The topological polar surface area (TPSA) is 77.7 Å². The lowest BCUT2D eigenvalue weighted by molar-refractivity contribution is -0.132. The van der Waals surface area contributed by atoms with Gasteiger partial charge in [-0.05, 0) is 61.2 Å². The van der Waals surface area contributed by atoms with Crippen molar-refractivity contribution < 1.29 is 18.7 Å². The van der Waals surface area contributed by atoms with Gasteiger partial charge in [-0.3, -0.25) is 4.79 Å². The first-order valence-electron chi connectivity index (χ1n) is 13.3. The summed E-state index contributed by atoms with van der Waals surface area (Å²) in [6, 6.07) is 21.1. The van der Waals surface area contributed by atoms with Gasteiger partial charge in [0.1, 0.15) is 18.1 Å². The van der Waals surface area contributed by atoms with E-state index >= 15 is 0 Å². The largest absolute Gasteiger partial charge is 0.492 e. The van der Waals surface area contributed by atoms with Gasteiger partial charge >= 0.3 is 6.03 Å². The van der Waals surface area contributed by atoms with E-state index in [1.807, 2.05) is 50.4 Å².